The van der Waals surface area contributed by atoms with E-state index in [0.717, 1.165) is 16.8 Å². The van der Waals surface area contributed by atoms with Crippen molar-refractivity contribution in [2.75, 3.05) is 11.4 Å². The average Bonchev–Trinajstić information content (AvgIpc) is 2.55. The molecule has 0 aliphatic carbocycles. The van der Waals surface area contributed by atoms with Gasteiger partial charge >= 0.3 is 0 Å². The molecule has 4 heteroatoms. The van der Waals surface area contributed by atoms with E-state index in [-0.39, 0.29) is 11.8 Å². The fraction of sp³-hybridized carbons (Fsp3) is 0.529. The maximum Gasteiger partial charge on any atom is 0.252 e. The summed E-state index contributed by atoms with van der Waals surface area (Å²) in [6, 6.07) is 6.11. The van der Waals surface area contributed by atoms with E-state index in [1.165, 1.54) is 0 Å². The van der Waals surface area contributed by atoms with Crippen molar-refractivity contribution < 1.29 is 9.59 Å². The van der Waals surface area contributed by atoms with Gasteiger partial charge in [0.15, 0.2) is 0 Å². The quantitative estimate of drug-likeness (QED) is 0.929. The van der Waals surface area contributed by atoms with Crippen molar-refractivity contribution in [3.63, 3.8) is 0 Å². The van der Waals surface area contributed by atoms with Gasteiger partial charge in [-0.15, -0.1) is 0 Å². The number of hydrogen-bond donors (Lipinski definition) is 1. The van der Waals surface area contributed by atoms with Crippen LogP contribution in [0.25, 0.3) is 0 Å². The van der Waals surface area contributed by atoms with E-state index in [0.29, 0.717) is 25.8 Å². The molecule has 114 valence electrons. The molecule has 0 unspecified atom stereocenters. The number of amides is 2. The van der Waals surface area contributed by atoms with E-state index in [2.05, 4.69) is 11.4 Å². The third kappa shape index (κ3) is 2.94. The lowest BCUT2D eigenvalue weighted by atomic mass is 9.91. The predicted octanol–water partition coefficient (Wildman–Crippen LogP) is 2.72. The number of carbonyl (C=O) groups excluding carboxylic acids is 2. The Balaban J connectivity index is 2.46. The molecule has 1 aromatic carbocycles. The Bertz CT molecular complexity index is 542. The number of carbonyl (C=O) groups is 2. The number of hydrogen-bond acceptors (Lipinski definition) is 2. The van der Waals surface area contributed by atoms with Crippen LogP contribution in [0.2, 0.25) is 0 Å². The molecule has 0 saturated carbocycles. The van der Waals surface area contributed by atoms with Gasteiger partial charge in [0.1, 0.15) is 5.54 Å². The minimum absolute atomic E-state index is 0.00310. The Labute approximate surface area is 126 Å². The minimum Gasteiger partial charge on any atom is -0.342 e. The van der Waals surface area contributed by atoms with Crippen molar-refractivity contribution in [2.24, 2.45) is 0 Å². The molecule has 2 amide bonds. The molecule has 1 aromatic rings. The Morgan fingerprint density at radius 2 is 1.67 bits per heavy atom. The summed E-state index contributed by atoms with van der Waals surface area (Å²) in [5, 5.41) is 2.94. The fourth-order valence-electron chi connectivity index (χ4n) is 3.04. The van der Waals surface area contributed by atoms with Crippen LogP contribution in [-0.4, -0.2) is 23.9 Å². The maximum atomic E-state index is 13.0. The van der Waals surface area contributed by atoms with Crippen molar-refractivity contribution in [1.29, 1.82) is 0 Å². The highest BCUT2D eigenvalue weighted by molar-refractivity contribution is 6.04. The van der Waals surface area contributed by atoms with E-state index in [9.17, 15) is 9.59 Å². The molecule has 0 aromatic heterocycles. The van der Waals surface area contributed by atoms with Crippen molar-refractivity contribution in [1.82, 2.24) is 5.32 Å². The smallest absolute Gasteiger partial charge is 0.252 e. The van der Waals surface area contributed by atoms with E-state index < -0.39 is 5.54 Å². The highest BCUT2D eigenvalue weighted by atomic mass is 16.2. The molecule has 1 fully saturated rings. The molecule has 1 aliphatic heterocycles. The van der Waals surface area contributed by atoms with E-state index >= 15 is 0 Å². The van der Waals surface area contributed by atoms with Crippen molar-refractivity contribution in [3.8, 4) is 0 Å². The van der Waals surface area contributed by atoms with Gasteiger partial charge in [-0.25, -0.2) is 0 Å². The first kappa shape index (κ1) is 15.5. The number of benzene rings is 1. The van der Waals surface area contributed by atoms with Crippen LogP contribution < -0.4 is 10.2 Å². The summed E-state index contributed by atoms with van der Waals surface area (Å²) in [6.45, 7) is 8.39. The third-order valence-electron chi connectivity index (χ3n) is 4.32. The van der Waals surface area contributed by atoms with E-state index in [4.69, 9.17) is 0 Å². The van der Waals surface area contributed by atoms with Gasteiger partial charge < -0.3 is 10.2 Å². The SMILES string of the molecule is CCC1(CC)NC(=O)CCN(c2cc(C)cc(C)c2)C1=O. The molecule has 2 rings (SSSR count). The molecule has 0 atom stereocenters. The maximum absolute atomic E-state index is 13.0. The first-order chi connectivity index (χ1) is 9.91. The molecule has 0 spiro atoms. The second-order valence-corrected chi connectivity index (χ2v) is 5.89. The van der Waals surface area contributed by atoms with Gasteiger partial charge in [-0.1, -0.05) is 19.9 Å². The van der Waals surface area contributed by atoms with Crippen molar-refractivity contribution >= 4 is 17.5 Å². The molecule has 0 radical (unpaired) electrons. The lowest BCUT2D eigenvalue weighted by molar-refractivity contribution is -0.130. The third-order valence-corrected chi connectivity index (χ3v) is 4.32. The second kappa shape index (κ2) is 5.88. The Morgan fingerprint density at radius 3 is 2.19 bits per heavy atom. The minimum atomic E-state index is -0.773. The highest BCUT2D eigenvalue weighted by Gasteiger charge is 2.42. The first-order valence-electron chi connectivity index (χ1n) is 7.63. The topological polar surface area (TPSA) is 49.4 Å². The predicted molar refractivity (Wildman–Crippen MR) is 84.3 cm³/mol. The summed E-state index contributed by atoms with van der Waals surface area (Å²) in [7, 11) is 0. The molecular formula is C17H24N2O2. The molecule has 21 heavy (non-hydrogen) atoms. The lowest BCUT2D eigenvalue weighted by Crippen LogP contribution is -2.56. The molecule has 1 heterocycles. The van der Waals surface area contributed by atoms with Gasteiger partial charge in [0.25, 0.3) is 5.91 Å². The second-order valence-electron chi connectivity index (χ2n) is 5.89. The van der Waals surface area contributed by atoms with Gasteiger partial charge in [-0.3, -0.25) is 9.59 Å². The zero-order chi connectivity index (χ0) is 15.6. The number of anilines is 1. The van der Waals surface area contributed by atoms with Gasteiger partial charge in [0, 0.05) is 18.7 Å². The zero-order valence-corrected chi connectivity index (χ0v) is 13.3. The standard InChI is InChI=1S/C17H24N2O2/c1-5-17(6-2)16(21)19(8-7-15(20)18-17)14-10-12(3)9-13(4)11-14/h9-11H,5-8H2,1-4H3,(H,18,20). The van der Waals surface area contributed by atoms with Crippen LogP contribution >= 0.6 is 0 Å². The summed E-state index contributed by atoms with van der Waals surface area (Å²) in [5.74, 6) is -0.0396. The molecular weight excluding hydrogens is 264 g/mol. The van der Waals surface area contributed by atoms with Crippen LogP contribution in [0.4, 0.5) is 5.69 Å². The van der Waals surface area contributed by atoms with Crippen LogP contribution in [0, 0.1) is 13.8 Å². The number of nitrogens with zero attached hydrogens (tertiary/aromatic N) is 1. The Morgan fingerprint density at radius 1 is 1.10 bits per heavy atom. The van der Waals surface area contributed by atoms with Crippen LogP contribution in [-0.2, 0) is 9.59 Å². The summed E-state index contributed by atoms with van der Waals surface area (Å²) in [4.78, 5) is 26.8. The molecule has 4 nitrogen and oxygen atoms in total. The summed E-state index contributed by atoms with van der Waals surface area (Å²) in [5.41, 5.74) is 2.37. The molecule has 1 N–H and O–H groups in total. The summed E-state index contributed by atoms with van der Waals surface area (Å²) in [6.07, 6.45) is 1.56. The summed E-state index contributed by atoms with van der Waals surface area (Å²) < 4.78 is 0. The average molecular weight is 288 g/mol. The molecule has 0 bridgehead atoms. The fourth-order valence-corrected chi connectivity index (χ4v) is 3.04. The number of rotatable bonds is 3. The van der Waals surface area contributed by atoms with Gasteiger partial charge in [-0.05, 0) is 49.9 Å². The van der Waals surface area contributed by atoms with Crippen LogP contribution in [0.1, 0.15) is 44.2 Å². The van der Waals surface area contributed by atoms with Gasteiger partial charge in [-0.2, -0.15) is 0 Å². The lowest BCUT2D eigenvalue weighted by Gasteiger charge is -2.34. The molecule has 1 saturated heterocycles. The Kier molecular flexibility index (Phi) is 4.35. The monoisotopic (exact) mass is 288 g/mol. The van der Waals surface area contributed by atoms with E-state index in [1.807, 2.05) is 39.8 Å². The highest BCUT2D eigenvalue weighted by Crippen LogP contribution is 2.27. The molecule has 1 aliphatic rings. The van der Waals surface area contributed by atoms with Crippen molar-refractivity contribution in [3.05, 3.63) is 29.3 Å². The zero-order valence-electron chi connectivity index (χ0n) is 13.3. The number of aryl methyl sites for hydroxylation is 2. The van der Waals surface area contributed by atoms with Crippen LogP contribution in [0.5, 0.6) is 0 Å². The summed E-state index contributed by atoms with van der Waals surface area (Å²) >= 11 is 0. The van der Waals surface area contributed by atoms with Crippen LogP contribution in [0.3, 0.4) is 0 Å². The van der Waals surface area contributed by atoms with Gasteiger partial charge in [0.05, 0.1) is 0 Å². The number of nitrogens with one attached hydrogen (secondary N) is 1. The van der Waals surface area contributed by atoms with Gasteiger partial charge in [0.2, 0.25) is 5.91 Å². The van der Waals surface area contributed by atoms with E-state index in [1.54, 1.807) is 4.90 Å². The van der Waals surface area contributed by atoms with Crippen molar-refractivity contribution in [2.45, 2.75) is 52.5 Å². The largest absolute Gasteiger partial charge is 0.342 e. The first-order valence-corrected chi connectivity index (χ1v) is 7.63. The Hall–Kier alpha value is -1.84. The van der Waals surface area contributed by atoms with Crippen LogP contribution in [0.15, 0.2) is 18.2 Å². The normalized spacial score (nSPS) is 18.4.